The van der Waals surface area contributed by atoms with Gasteiger partial charge < -0.3 is 9.13 Å². The Hall–Kier alpha value is -7.68. The monoisotopic (exact) mass is 762 g/mol. The van der Waals surface area contributed by atoms with Crippen LogP contribution in [0.5, 0.6) is 0 Å². The lowest BCUT2D eigenvalue weighted by Gasteiger charge is -2.12. The number of nitrogens with zero attached hydrogens (tertiary/aromatic N) is 2. The van der Waals surface area contributed by atoms with Gasteiger partial charge in [0.2, 0.25) is 0 Å². The molecule has 0 unspecified atom stereocenters. The molecule has 0 fully saturated rings. The zero-order valence-corrected chi connectivity index (χ0v) is 32.9. The molecule has 11 aromatic rings. The number of rotatable bonds is 5. The van der Waals surface area contributed by atoms with Gasteiger partial charge in [0.05, 0.1) is 22.1 Å². The van der Waals surface area contributed by atoms with Gasteiger partial charge in [-0.25, -0.2) is 0 Å². The first-order valence-corrected chi connectivity index (χ1v) is 21.1. The lowest BCUT2D eigenvalue weighted by Crippen LogP contribution is -1.95. The molecule has 0 saturated carbocycles. The number of aromatic nitrogens is 2. The van der Waals surface area contributed by atoms with Gasteiger partial charge in [-0.2, -0.15) is 0 Å². The van der Waals surface area contributed by atoms with E-state index in [9.17, 15) is 0 Å². The van der Waals surface area contributed by atoms with E-state index >= 15 is 0 Å². The van der Waals surface area contributed by atoms with E-state index in [1.807, 2.05) is 0 Å². The minimum Gasteiger partial charge on any atom is -0.309 e. The van der Waals surface area contributed by atoms with Gasteiger partial charge in [0.15, 0.2) is 0 Å². The van der Waals surface area contributed by atoms with Crippen molar-refractivity contribution in [2.75, 3.05) is 0 Å². The highest BCUT2D eigenvalue weighted by Gasteiger charge is 2.23. The van der Waals surface area contributed by atoms with Crippen LogP contribution in [0.25, 0.3) is 116 Å². The number of hydrogen-bond donors (Lipinski definition) is 0. The van der Waals surface area contributed by atoms with E-state index in [-0.39, 0.29) is 0 Å². The molecular formula is C58H38N2. The predicted octanol–water partition coefficient (Wildman–Crippen LogP) is 15.7. The molecule has 0 spiro atoms. The van der Waals surface area contributed by atoms with Crippen LogP contribution >= 0.6 is 0 Å². The fourth-order valence-electron chi connectivity index (χ4n) is 10.4. The Morgan fingerprint density at radius 3 is 1.42 bits per heavy atom. The maximum Gasteiger partial charge on any atom is 0.0541 e. The summed E-state index contributed by atoms with van der Waals surface area (Å²) in [6.07, 6.45) is 8.88. The van der Waals surface area contributed by atoms with Gasteiger partial charge in [0.25, 0.3) is 0 Å². The average Bonchev–Trinajstić information content (AvgIpc) is 3.96. The fourth-order valence-corrected chi connectivity index (χ4v) is 10.4. The summed E-state index contributed by atoms with van der Waals surface area (Å²) in [6.45, 7) is 0. The third kappa shape index (κ3) is 4.88. The highest BCUT2D eigenvalue weighted by Crippen LogP contribution is 2.49. The first kappa shape index (κ1) is 33.3. The molecule has 0 atom stereocenters. The maximum atomic E-state index is 2.42. The van der Waals surface area contributed by atoms with Crippen LogP contribution in [0.15, 0.2) is 206 Å². The van der Waals surface area contributed by atoms with Crippen molar-refractivity contribution in [1.82, 2.24) is 9.13 Å². The van der Waals surface area contributed by atoms with Crippen molar-refractivity contribution >= 4 is 60.0 Å². The van der Waals surface area contributed by atoms with Crippen molar-refractivity contribution < 1.29 is 0 Å². The molecule has 2 aliphatic rings. The molecule has 13 rings (SSSR count). The van der Waals surface area contributed by atoms with Crippen molar-refractivity contribution in [3.05, 3.63) is 212 Å². The van der Waals surface area contributed by atoms with Gasteiger partial charge in [-0.3, -0.25) is 0 Å². The SMILES string of the molecule is C1=CCCC(c2ccc(-n3c4ccccc4c4cc(-c5ccc6c(c5)c5ccccc5n6-c5ccc(-c6ccc7c8c(cccc68)-c6ccccc6-7)cc5)ccc43)cc2)=C1. The third-order valence-electron chi connectivity index (χ3n) is 13.2. The van der Waals surface area contributed by atoms with Gasteiger partial charge >= 0.3 is 0 Å². The molecular weight excluding hydrogens is 725 g/mol. The Kier molecular flexibility index (Phi) is 7.17. The smallest absolute Gasteiger partial charge is 0.0541 e. The van der Waals surface area contributed by atoms with Crippen LogP contribution in [-0.4, -0.2) is 9.13 Å². The Morgan fingerprint density at radius 1 is 0.333 bits per heavy atom. The molecule has 0 amide bonds. The van der Waals surface area contributed by atoms with Crippen LogP contribution in [0.1, 0.15) is 18.4 Å². The van der Waals surface area contributed by atoms with E-state index in [1.165, 1.54) is 116 Å². The quantitative estimate of drug-likeness (QED) is 0.165. The van der Waals surface area contributed by atoms with Crippen molar-refractivity contribution in [1.29, 1.82) is 0 Å². The highest BCUT2D eigenvalue weighted by molar-refractivity contribution is 6.19. The standard InChI is InChI=1S/C58H38N2/c1-2-11-37(12-3-1)38-21-27-42(28-22-38)59-54-19-8-6-15-47(54)52-35-40(25-33-56(52)59)41-26-34-57-53(36-41)48-16-7-9-20-55(48)60(57)43-29-23-39(24-30-43)44-31-32-51-46-14-5-4-13-45(46)50-18-10-17-49(44)58(50)51/h1-2,4-11,13-36H,3,12H2. The van der Waals surface area contributed by atoms with E-state index in [1.54, 1.807) is 0 Å². The normalized spacial score (nSPS) is 13.2. The summed E-state index contributed by atoms with van der Waals surface area (Å²) in [5.41, 5.74) is 20.2. The lowest BCUT2D eigenvalue weighted by atomic mass is 9.94. The summed E-state index contributed by atoms with van der Waals surface area (Å²) in [4.78, 5) is 0. The van der Waals surface area contributed by atoms with Crippen LogP contribution in [0, 0.1) is 0 Å². The first-order chi connectivity index (χ1) is 29.8. The molecule has 2 aromatic heterocycles. The molecule has 0 N–H and O–H groups in total. The fraction of sp³-hybridized carbons (Fsp3) is 0.0345. The van der Waals surface area contributed by atoms with E-state index < -0.39 is 0 Å². The summed E-state index contributed by atoms with van der Waals surface area (Å²) < 4.78 is 4.84. The van der Waals surface area contributed by atoms with E-state index in [0.717, 1.165) is 18.5 Å². The minimum atomic E-state index is 1.09. The van der Waals surface area contributed by atoms with Gasteiger partial charge in [0.1, 0.15) is 0 Å². The van der Waals surface area contributed by atoms with Crippen molar-refractivity contribution in [2.24, 2.45) is 0 Å². The highest BCUT2D eigenvalue weighted by atomic mass is 15.0. The summed E-state index contributed by atoms with van der Waals surface area (Å²) in [5, 5.41) is 7.71. The van der Waals surface area contributed by atoms with Crippen LogP contribution in [0.3, 0.4) is 0 Å². The van der Waals surface area contributed by atoms with Gasteiger partial charge in [0, 0.05) is 32.9 Å². The minimum absolute atomic E-state index is 1.09. The molecule has 60 heavy (non-hydrogen) atoms. The molecule has 2 heteroatoms. The van der Waals surface area contributed by atoms with Crippen LogP contribution < -0.4 is 0 Å². The number of fused-ring (bicyclic) bond motifs is 9. The van der Waals surface area contributed by atoms with Crippen LogP contribution in [0.4, 0.5) is 0 Å². The number of benzene rings is 9. The van der Waals surface area contributed by atoms with Gasteiger partial charge in [-0.15, -0.1) is 0 Å². The number of para-hydroxylation sites is 2. The molecule has 2 heterocycles. The second-order valence-electron chi connectivity index (χ2n) is 16.4. The van der Waals surface area contributed by atoms with E-state index in [4.69, 9.17) is 0 Å². The largest absolute Gasteiger partial charge is 0.309 e. The van der Waals surface area contributed by atoms with E-state index in [2.05, 4.69) is 215 Å². The lowest BCUT2D eigenvalue weighted by molar-refractivity contribution is 1.05. The number of allylic oxidation sites excluding steroid dienone is 4. The third-order valence-corrected chi connectivity index (χ3v) is 13.2. The summed E-state index contributed by atoms with van der Waals surface area (Å²) >= 11 is 0. The molecule has 9 aromatic carbocycles. The molecule has 280 valence electrons. The zero-order chi connectivity index (χ0) is 39.3. The average molecular weight is 763 g/mol. The summed E-state index contributed by atoms with van der Waals surface area (Å²) in [7, 11) is 0. The molecule has 0 radical (unpaired) electrons. The number of hydrogen-bond acceptors (Lipinski definition) is 0. The molecule has 0 saturated heterocycles. The zero-order valence-electron chi connectivity index (χ0n) is 32.9. The second-order valence-corrected chi connectivity index (χ2v) is 16.4. The van der Waals surface area contributed by atoms with Gasteiger partial charge in [-0.1, -0.05) is 146 Å². The van der Waals surface area contributed by atoms with Crippen molar-refractivity contribution in [2.45, 2.75) is 12.8 Å². The molecule has 2 aliphatic carbocycles. The molecule has 2 nitrogen and oxygen atoms in total. The van der Waals surface area contributed by atoms with Crippen molar-refractivity contribution in [3.63, 3.8) is 0 Å². The Labute approximate surface area is 348 Å². The maximum absolute atomic E-state index is 2.42. The Bertz CT molecular complexity index is 3600. The Balaban J connectivity index is 0.890. The topological polar surface area (TPSA) is 9.86 Å². The van der Waals surface area contributed by atoms with E-state index in [0.29, 0.717) is 0 Å². The second kappa shape index (κ2) is 12.9. The molecule has 0 bridgehead atoms. The first-order valence-electron chi connectivity index (χ1n) is 21.1. The Morgan fingerprint density at radius 2 is 0.817 bits per heavy atom. The predicted molar refractivity (Wildman–Crippen MR) is 254 cm³/mol. The van der Waals surface area contributed by atoms with Crippen LogP contribution in [-0.2, 0) is 0 Å². The van der Waals surface area contributed by atoms with Gasteiger partial charge in [-0.05, 0) is 140 Å². The van der Waals surface area contributed by atoms with Crippen LogP contribution in [0.2, 0.25) is 0 Å². The van der Waals surface area contributed by atoms with Crippen molar-refractivity contribution in [3.8, 4) is 55.9 Å². The summed E-state index contributed by atoms with van der Waals surface area (Å²) in [5.74, 6) is 0. The summed E-state index contributed by atoms with van der Waals surface area (Å²) in [6, 6.07) is 70.1. The molecule has 0 aliphatic heterocycles.